The van der Waals surface area contributed by atoms with Gasteiger partial charge in [-0.1, -0.05) is 18.2 Å². The molecule has 0 bridgehead atoms. The molecule has 1 N–H and O–H groups in total. The quantitative estimate of drug-likeness (QED) is 0.470. The van der Waals surface area contributed by atoms with Crippen LogP contribution in [0.2, 0.25) is 0 Å². The third-order valence-corrected chi connectivity index (χ3v) is 5.41. The average Bonchev–Trinajstić information content (AvgIpc) is 3.27. The lowest BCUT2D eigenvalue weighted by molar-refractivity contribution is -0.140. The molecule has 27 heavy (non-hydrogen) atoms. The molecule has 1 amide bonds. The Balaban J connectivity index is 2.10. The molecule has 142 valence electrons. The molecule has 0 unspecified atom stereocenters. The lowest BCUT2D eigenvalue weighted by Crippen LogP contribution is -2.35. The van der Waals surface area contributed by atoms with Gasteiger partial charge in [-0.05, 0) is 37.7 Å². The van der Waals surface area contributed by atoms with Gasteiger partial charge in [0.1, 0.15) is 11.5 Å². The van der Waals surface area contributed by atoms with E-state index in [4.69, 9.17) is 4.74 Å². The van der Waals surface area contributed by atoms with Gasteiger partial charge in [-0.15, -0.1) is 11.3 Å². The molecule has 1 aliphatic heterocycles. The van der Waals surface area contributed by atoms with E-state index in [9.17, 15) is 14.7 Å². The molecule has 0 saturated carbocycles. The third kappa shape index (κ3) is 3.74. The fourth-order valence-corrected chi connectivity index (χ4v) is 3.93. The molecular weight excluding hydrogens is 364 g/mol. The Morgan fingerprint density at radius 2 is 2.04 bits per heavy atom. The Morgan fingerprint density at radius 3 is 2.67 bits per heavy atom. The Bertz CT molecular complexity index is 874. The molecule has 2 aromatic rings. The molecule has 1 fully saturated rings. The van der Waals surface area contributed by atoms with E-state index in [1.54, 1.807) is 29.2 Å². The van der Waals surface area contributed by atoms with Crippen LogP contribution in [0.3, 0.4) is 0 Å². The minimum atomic E-state index is -0.660. The summed E-state index contributed by atoms with van der Waals surface area (Å²) in [6.45, 7) is 1.02. The highest BCUT2D eigenvalue weighted by atomic mass is 32.1. The van der Waals surface area contributed by atoms with Crippen LogP contribution in [0.5, 0.6) is 5.75 Å². The SMILES string of the molecule is COc1cccc(/C(O)=C2\C(=O)C(=O)N(CCN(C)C)[C@@H]2c2cccs2)c1. The summed E-state index contributed by atoms with van der Waals surface area (Å²) in [5.74, 6) is -0.862. The summed E-state index contributed by atoms with van der Waals surface area (Å²) in [6.07, 6.45) is 0. The van der Waals surface area contributed by atoms with Gasteiger partial charge in [0, 0.05) is 23.5 Å². The number of rotatable bonds is 6. The Hall–Kier alpha value is -2.64. The number of carbonyl (C=O) groups is 2. The van der Waals surface area contributed by atoms with E-state index in [-0.39, 0.29) is 11.3 Å². The predicted octanol–water partition coefficient (Wildman–Crippen LogP) is 2.74. The van der Waals surface area contributed by atoms with Gasteiger partial charge in [0.15, 0.2) is 0 Å². The van der Waals surface area contributed by atoms with Gasteiger partial charge in [-0.3, -0.25) is 9.59 Å². The van der Waals surface area contributed by atoms with Crippen LogP contribution in [0.1, 0.15) is 16.5 Å². The number of amides is 1. The highest BCUT2D eigenvalue weighted by Crippen LogP contribution is 2.41. The summed E-state index contributed by atoms with van der Waals surface area (Å²) in [4.78, 5) is 29.8. The molecule has 1 saturated heterocycles. The number of nitrogens with zero attached hydrogens (tertiary/aromatic N) is 2. The lowest BCUT2D eigenvalue weighted by atomic mass is 10.00. The van der Waals surface area contributed by atoms with Crippen molar-refractivity contribution in [2.24, 2.45) is 0 Å². The molecular formula is C20H22N2O4S. The number of Topliss-reactive ketones (excluding diaryl/α,β-unsaturated/α-hetero) is 1. The molecule has 6 nitrogen and oxygen atoms in total. The van der Waals surface area contributed by atoms with Gasteiger partial charge in [0.05, 0.1) is 18.7 Å². The molecule has 3 rings (SSSR count). The fourth-order valence-electron chi connectivity index (χ4n) is 3.09. The van der Waals surface area contributed by atoms with Crippen LogP contribution >= 0.6 is 11.3 Å². The summed E-state index contributed by atoms with van der Waals surface area (Å²) in [7, 11) is 5.35. The maximum atomic E-state index is 12.8. The third-order valence-electron chi connectivity index (χ3n) is 4.48. The van der Waals surface area contributed by atoms with E-state index in [1.807, 2.05) is 36.5 Å². The Labute approximate surface area is 162 Å². The second-order valence-electron chi connectivity index (χ2n) is 6.54. The first-order chi connectivity index (χ1) is 12.9. The predicted molar refractivity (Wildman–Crippen MR) is 105 cm³/mol. The molecule has 0 radical (unpaired) electrons. The van der Waals surface area contributed by atoms with Gasteiger partial charge in [0.25, 0.3) is 11.7 Å². The number of carbonyl (C=O) groups excluding carboxylic acids is 2. The molecule has 1 aliphatic rings. The number of likely N-dealkylation sites (tertiary alicyclic amines) is 1. The lowest BCUT2D eigenvalue weighted by Gasteiger charge is -2.25. The van der Waals surface area contributed by atoms with E-state index >= 15 is 0 Å². The fraction of sp³-hybridized carbons (Fsp3) is 0.300. The standard InChI is InChI=1S/C20H22N2O4S/c1-21(2)9-10-22-17(15-8-5-11-27-15)16(19(24)20(22)25)18(23)13-6-4-7-14(12-13)26-3/h4-8,11-12,17,23H,9-10H2,1-3H3/b18-16+/t17-/m1/s1. The van der Waals surface area contributed by atoms with Crippen molar-refractivity contribution in [2.75, 3.05) is 34.3 Å². The number of aliphatic hydroxyl groups excluding tert-OH is 1. The topological polar surface area (TPSA) is 70.1 Å². The van der Waals surface area contributed by atoms with Crippen molar-refractivity contribution in [3.05, 3.63) is 57.8 Å². The maximum absolute atomic E-state index is 12.8. The first-order valence-corrected chi connectivity index (χ1v) is 9.43. The van der Waals surface area contributed by atoms with Gasteiger partial charge in [0.2, 0.25) is 0 Å². The minimum Gasteiger partial charge on any atom is -0.507 e. The van der Waals surface area contributed by atoms with E-state index in [2.05, 4.69) is 0 Å². The highest BCUT2D eigenvalue weighted by molar-refractivity contribution is 7.10. The van der Waals surface area contributed by atoms with Gasteiger partial charge in [-0.25, -0.2) is 0 Å². The molecule has 1 aromatic carbocycles. The number of methoxy groups -OCH3 is 1. The van der Waals surface area contributed by atoms with E-state index in [1.165, 1.54) is 18.4 Å². The van der Waals surface area contributed by atoms with Crippen molar-refractivity contribution in [3.63, 3.8) is 0 Å². The van der Waals surface area contributed by atoms with E-state index in [0.29, 0.717) is 24.4 Å². The monoisotopic (exact) mass is 386 g/mol. The van der Waals surface area contributed by atoms with Crippen LogP contribution < -0.4 is 4.74 Å². The zero-order valence-corrected chi connectivity index (χ0v) is 16.3. The van der Waals surface area contributed by atoms with Crippen LogP contribution in [0.15, 0.2) is 47.4 Å². The van der Waals surface area contributed by atoms with Crippen LogP contribution in [0, 0.1) is 0 Å². The van der Waals surface area contributed by atoms with Gasteiger partial charge >= 0.3 is 0 Å². The molecule has 1 aromatic heterocycles. The summed E-state index contributed by atoms with van der Waals surface area (Å²) in [5, 5.41) is 12.8. The summed E-state index contributed by atoms with van der Waals surface area (Å²) in [5.41, 5.74) is 0.566. The second-order valence-corrected chi connectivity index (χ2v) is 7.52. The Morgan fingerprint density at radius 1 is 1.26 bits per heavy atom. The van der Waals surface area contributed by atoms with Crippen molar-refractivity contribution >= 4 is 28.8 Å². The maximum Gasteiger partial charge on any atom is 0.295 e. The average molecular weight is 386 g/mol. The van der Waals surface area contributed by atoms with Crippen LogP contribution in [0.4, 0.5) is 0 Å². The molecule has 7 heteroatoms. The zero-order chi connectivity index (χ0) is 19.6. The molecule has 0 spiro atoms. The number of benzene rings is 1. The number of thiophene rings is 1. The molecule has 2 heterocycles. The van der Waals surface area contributed by atoms with Crippen LogP contribution in [-0.2, 0) is 9.59 Å². The van der Waals surface area contributed by atoms with Crippen LogP contribution in [0.25, 0.3) is 5.76 Å². The highest BCUT2D eigenvalue weighted by Gasteiger charge is 2.46. The Kier molecular flexibility index (Phi) is 5.62. The first-order valence-electron chi connectivity index (χ1n) is 8.55. The zero-order valence-electron chi connectivity index (χ0n) is 15.5. The van der Waals surface area contributed by atoms with E-state index < -0.39 is 17.7 Å². The van der Waals surface area contributed by atoms with Gasteiger partial charge in [-0.2, -0.15) is 0 Å². The number of aliphatic hydroxyl groups is 1. The van der Waals surface area contributed by atoms with E-state index in [0.717, 1.165) is 4.88 Å². The minimum absolute atomic E-state index is 0.120. The number of likely N-dealkylation sites (N-methyl/N-ethyl adjacent to an activating group) is 1. The second kappa shape index (κ2) is 7.94. The van der Waals surface area contributed by atoms with Crippen molar-refractivity contribution in [1.82, 2.24) is 9.80 Å². The van der Waals surface area contributed by atoms with Crippen LogP contribution in [-0.4, -0.2) is 60.9 Å². The number of ketones is 1. The smallest absolute Gasteiger partial charge is 0.295 e. The number of hydrogen-bond acceptors (Lipinski definition) is 6. The largest absolute Gasteiger partial charge is 0.507 e. The number of ether oxygens (including phenoxy) is 1. The van der Waals surface area contributed by atoms with Crippen molar-refractivity contribution < 1.29 is 19.4 Å². The van der Waals surface area contributed by atoms with Crippen molar-refractivity contribution in [1.29, 1.82) is 0 Å². The summed E-state index contributed by atoms with van der Waals surface area (Å²) >= 11 is 1.46. The molecule has 0 aliphatic carbocycles. The summed E-state index contributed by atoms with van der Waals surface area (Å²) in [6, 6.07) is 9.99. The first kappa shape index (κ1) is 19.1. The van der Waals surface area contributed by atoms with Gasteiger partial charge < -0.3 is 19.6 Å². The normalized spacial score (nSPS) is 19.1. The molecule has 1 atom stereocenters. The van der Waals surface area contributed by atoms with Crippen molar-refractivity contribution in [2.45, 2.75) is 6.04 Å². The van der Waals surface area contributed by atoms with Crippen molar-refractivity contribution in [3.8, 4) is 5.75 Å². The summed E-state index contributed by atoms with van der Waals surface area (Å²) < 4.78 is 5.20. The number of hydrogen-bond donors (Lipinski definition) is 1.